The number of rotatable bonds is 4. The smallest absolute Gasteiger partial charge is 0.427 e. The summed E-state index contributed by atoms with van der Waals surface area (Å²) in [4.78, 5) is 5.93. The lowest BCUT2D eigenvalue weighted by Crippen LogP contribution is -2.58. The van der Waals surface area contributed by atoms with Crippen LogP contribution in [0.15, 0.2) is 0 Å². The van der Waals surface area contributed by atoms with E-state index < -0.39 is 29.8 Å². The van der Waals surface area contributed by atoms with Gasteiger partial charge in [-0.2, -0.15) is 26.3 Å². The minimum atomic E-state index is -5.98. The van der Waals surface area contributed by atoms with Crippen LogP contribution >= 0.6 is 11.6 Å². The van der Waals surface area contributed by atoms with E-state index in [1.54, 1.807) is 13.8 Å². The number of halogens is 7. The molecular weight excluding hydrogens is 290 g/mol. The number of carbonyl (C=O) groups excluding carboxylic acids is 1. The molecule has 108 valence electrons. The summed E-state index contributed by atoms with van der Waals surface area (Å²) < 4.78 is 77.7. The van der Waals surface area contributed by atoms with Gasteiger partial charge in [0.15, 0.2) is 0 Å². The van der Waals surface area contributed by atoms with Crippen molar-refractivity contribution in [2.24, 2.45) is 5.92 Å². The molecule has 0 aromatic rings. The van der Waals surface area contributed by atoms with Crippen LogP contribution in [0.5, 0.6) is 0 Å². The van der Waals surface area contributed by atoms with Crippen molar-refractivity contribution in [3.8, 4) is 0 Å². The number of esters is 1. The Kier molecular flexibility index (Phi) is 5.34. The summed E-state index contributed by atoms with van der Waals surface area (Å²) in [5, 5.41) is 0. The van der Waals surface area contributed by atoms with E-state index >= 15 is 0 Å². The maximum atomic E-state index is 12.3. The van der Waals surface area contributed by atoms with E-state index in [1.807, 2.05) is 0 Å². The van der Waals surface area contributed by atoms with E-state index in [0.29, 0.717) is 0 Å². The lowest BCUT2D eigenvalue weighted by molar-refractivity contribution is -0.268. The zero-order valence-electron chi connectivity index (χ0n) is 9.45. The summed E-state index contributed by atoms with van der Waals surface area (Å²) in [7, 11) is 0. The van der Waals surface area contributed by atoms with Gasteiger partial charge in [0, 0.05) is 0 Å². The second-order valence-corrected chi connectivity index (χ2v) is 4.54. The quantitative estimate of drug-likeness (QED) is 0.450. The summed E-state index contributed by atoms with van der Waals surface area (Å²) >= 11 is 4.43. The van der Waals surface area contributed by atoms with E-state index in [2.05, 4.69) is 16.3 Å². The Morgan fingerprint density at radius 2 is 1.50 bits per heavy atom. The maximum absolute atomic E-state index is 12.3. The van der Waals surface area contributed by atoms with Crippen molar-refractivity contribution in [1.29, 1.82) is 0 Å². The van der Waals surface area contributed by atoms with Gasteiger partial charge in [-0.25, -0.2) is 4.79 Å². The molecule has 0 heterocycles. The highest BCUT2D eigenvalue weighted by Crippen LogP contribution is 2.48. The Morgan fingerprint density at radius 3 is 1.78 bits per heavy atom. The van der Waals surface area contributed by atoms with Crippen LogP contribution in [0, 0.1) is 5.92 Å². The fourth-order valence-electron chi connectivity index (χ4n) is 0.879. The monoisotopic (exact) mass is 300 g/mol. The van der Waals surface area contributed by atoms with Gasteiger partial charge in [0.2, 0.25) is 0 Å². The number of hydrogen-bond acceptors (Lipinski definition) is 2. The van der Waals surface area contributed by atoms with Crippen molar-refractivity contribution in [3.63, 3.8) is 0 Å². The molecule has 0 aliphatic carbocycles. The molecule has 0 fully saturated rings. The highest BCUT2D eigenvalue weighted by Gasteiger charge is 2.76. The van der Waals surface area contributed by atoms with Gasteiger partial charge in [-0.05, 0) is 12.3 Å². The number of ether oxygens (including phenoxy) is 1. The van der Waals surface area contributed by atoms with Crippen LogP contribution in [-0.2, 0) is 9.53 Å². The SMILES string of the molecule is CC(C)CCOC(=O)C(Cl)(C(F)(F)F)C(F)(F)F. The molecule has 0 saturated carbocycles. The third kappa shape index (κ3) is 3.66. The largest absolute Gasteiger partial charge is 0.464 e. The van der Waals surface area contributed by atoms with Crippen molar-refractivity contribution in [3.05, 3.63) is 0 Å². The summed E-state index contributed by atoms with van der Waals surface area (Å²) in [6.07, 6.45) is -11.8. The highest BCUT2D eigenvalue weighted by atomic mass is 35.5. The molecule has 2 nitrogen and oxygen atoms in total. The minimum absolute atomic E-state index is 0.0423. The third-order valence-corrected chi connectivity index (χ3v) is 2.57. The van der Waals surface area contributed by atoms with Gasteiger partial charge in [0.1, 0.15) is 0 Å². The van der Waals surface area contributed by atoms with Crippen LogP contribution in [-0.4, -0.2) is 29.8 Å². The molecule has 9 heteroatoms. The molecule has 0 atom stereocenters. The molecule has 0 aromatic heterocycles. The second-order valence-electron chi connectivity index (χ2n) is 3.97. The zero-order valence-corrected chi connectivity index (χ0v) is 10.2. The molecule has 0 N–H and O–H groups in total. The minimum Gasteiger partial charge on any atom is -0.464 e. The summed E-state index contributed by atoms with van der Waals surface area (Å²) in [6.45, 7) is 2.77. The molecule has 0 bridgehead atoms. The van der Waals surface area contributed by atoms with Crippen LogP contribution < -0.4 is 0 Å². The second kappa shape index (κ2) is 5.54. The molecule has 18 heavy (non-hydrogen) atoms. The van der Waals surface area contributed by atoms with Crippen LogP contribution in [0.25, 0.3) is 0 Å². The summed E-state index contributed by atoms with van der Waals surface area (Å²) in [5.41, 5.74) is 0. The Bertz CT molecular complexity index is 282. The lowest BCUT2D eigenvalue weighted by Gasteiger charge is -2.29. The van der Waals surface area contributed by atoms with E-state index in [1.165, 1.54) is 0 Å². The van der Waals surface area contributed by atoms with Crippen LogP contribution in [0.3, 0.4) is 0 Å². The maximum Gasteiger partial charge on any atom is 0.427 e. The van der Waals surface area contributed by atoms with Crippen molar-refractivity contribution >= 4 is 17.6 Å². The molecule has 0 amide bonds. The van der Waals surface area contributed by atoms with Gasteiger partial charge in [0.25, 0.3) is 0 Å². The van der Waals surface area contributed by atoms with Gasteiger partial charge in [-0.1, -0.05) is 25.4 Å². The molecule has 0 aromatic carbocycles. The van der Waals surface area contributed by atoms with Crippen molar-refractivity contribution in [2.45, 2.75) is 37.5 Å². The highest BCUT2D eigenvalue weighted by molar-refractivity contribution is 6.35. The summed E-state index contributed by atoms with van der Waals surface area (Å²) in [6, 6.07) is 0. The number of hydrogen-bond donors (Lipinski definition) is 0. The number of alkyl halides is 7. The molecule has 0 radical (unpaired) electrons. The van der Waals surface area contributed by atoms with Crippen LogP contribution in [0.2, 0.25) is 0 Å². The Balaban J connectivity index is 4.97. The first kappa shape index (κ1) is 17.3. The Hall–Kier alpha value is -0.660. The van der Waals surface area contributed by atoms with E-state index in [4.69, 9.17) is 0 Å². The van der Waals surface area contributed by atoms with Crippen molar-refractivity contribution < 1.29 is 35.9 Å². The van der Waals surface area contributed by atoms with Gasteiger partial charge in [0.05, 0.1) is 6.61 Å². The van der Waals surface area contributed by atoms with Gasteiger partial charge in [-0.15, -0.1) is 0 Å². The zero-order chi connectivity index (χ0) is 14.8. The average Bonchev–Trinajstić information content (AvgIpc) is 2.11. The Morgan fingerprint density at radius 1 is 1.11 bits per heavy atom. The average molecular weight is 301 g/mol. The van der Waals surface area contributed by atoms with E-state index in [-0.39, 0.29) is 12.3 Å². The normalized spacial score (nSPS) is 13.9. The Labute approximate surface area is 104 Å². The molecule has 0 rings (SSSR count). The van der Waals surface area contributed by atoms with Gasteiger partial charge in [-0.3, -0.25) is 0 Å². The first-order valence-electron chi connectivity index (χ1n) is 4.83. The van der Waals surface area contributed by atoms with Crippen LogP contribution in [0.1, 0.15) is 20.3 Å². The van der Waals surface area contributed by atoms with Gasteiger partial charge < -0.3 is 4.74 Å². The fourth-order valence-corrected chi connectivity index (χ4v) is 0.933. The molecule has 0 saturated heterocycles. The van der Waals surface area contributed by atoms with Gasteiger partial charge >= 0.3 is 23.2 Å². The molecule has 0 aliphatic rings. The van der Waals surface area contributed by atoms with E-state index in [9.17, 15) is 31.1 Å². The standard InChI is InChI=1S/C9H11ClF6O2/c1-5(2)3-4-18-6(17)7(10,8(11,12)13)9(14,15)16/h5H,3-4H2,1-2H3. The number of carbonyl (C=O) groups is 1. The first-order valence-corrected chi connectivity index (χ1v) is 5.21. The first-order chi connectivity index (χ1) is 7.84. The topological polar surface area (TPSA) is 26.3 Å². The fraction of sp³-hybridized carbons (Fsp3) is 0.889. The summed E-state index contributed by atoms with van der Waals surface area (Å²) in [5.74, 6) is -2.59. The lowest BCUT2D eigenvalue weighted by atomic mass is 10.1. The third-order valence-electron chi connectivity index (χ3n) is 1.99. The molecule has 0 unspecified atom stereocenters. The van der Waals surface area contributed by atoms with Crippen molar-refractivity contribution in [2.75, 3.05) is 6.61 Å². The molecular formula is C9H11ClF6O2. The van der Waals surface area contributed by atoms with Crippen LogP contribution in [0.4, 0.5) is 26.3 Å². The van der Waals surface area contributed by atoms with E-state index in [0.717, 1.165) is 0 Å². The predicted octanol–water partition coefficient (Wildman–Crippen LogP) is 3.68. The predicted molar refractivity (Wildman–Crippen MR) is 51.1 cm³/mol. The molecule has 0 aliphatic heterocycles. The molecule has 0 spiro atoms. The van der Waals surface area contributed by atoms with Crippen molar-refractivity contribution in [1.82, 2.24) is 0 Å².